The molecule has 4 nitrogen and oxygen atoms in total. The van der Waals surface area contributed by atoms with Gasteiger partial charge in [-0.3, -0.25) is 0 Å². The van der Waals surface area contributed by atoms with Gasteiger partial charge in [0.25, 0.3) is 9.05 Å². The molecular weight excluding hydrogens is 413 g/mol. The van der Waals surface area contributed by atoms with Gasteiger partial charge in [-0.25, -0.2) is 8.42 Å². The summed E-state index contributed by atoms with van der Waals surface area (Å²) in [7, 11) is 1.20. The Labute approximate surface area is 152 Å². The highest BCUT2D eigenvalue weighted by atomic mass is 35.7. The second-order valence-corrected chi connectivity index (χ2v) is 8.10. The van der Waals surface area contributed by atoms with Crippen LogP contribution in [0.1, 0.15) is 0 Å². The van der Waals surface area contributed by atoms with Crippen molar-refractivity contribution in [2.75, 3.05) is 11.5 Å². The van der Waals surface area contributed by atoms with Gasteiger partial charge >= 0.3 is 0 Å². The summed E-state index contributed by atoms with van der Waals surface area (Å²) in [4.78, 5) is -0.241. The first-order chi connectivity index (χ1) is 10.0. The van der Waals surface area contributed by atoms with E-state index >= 15 is 0 Å². The van der Waals surface area contributed by atoms with Crippen molar-refractivity contribution in [1.29, 1.82) is 0 Å². The first-order valence-electron chi connectivity index (χ1n) is 5.42. The van der Waals surface area contributed by atoms with E-state index in [1.807, 2.05) is 0 Å². The summed E-state index contributed by atoms with van der Waals surface area (Å²) < 4.78 is 21.8. The van der Waals surface area contributed by atoms with E-state index in [1.165, 1.54) is 6.07 Å². The number of hydrogen-bond donors (Lipinski definition) is 2. The van der Waals surface area contributed by atoms with E-state index < -0.39 is 9.05 Å². The molecule has 0 atom stereocenters. The van der Waals surface area contributed by atoms with Crippen molar-refractivity contribution in [3.8, 4) is 0 Å². The summed E-state index contributed by atoms with van der Waals surface area (Å²) in [5.41, 5.74) is 11.5. The standard InChI is InChI=1S/C6H4Cl3NO2S.C6H5Cl2N/c7-3-2-6(13(9,11)12)4(8)1-5(3)10;7-4-1-2-5(8)6(9)3-4/h1-2H,10H2;1-3H,9H2. The summed E-state index contributed by atoms with van der Waals surface area (Å²) >= 11 is 22.3. The van der Waals surface area contributed by atoms with Gasteiger partial charge in [-0.05, 0) is 30.3 Å². The first kappa shape index (κ1) is 19.5. The minimum atomic E-state index is -3.87. The normalized spacial score (nSPS) is 10.8. The lowest BCUT2D eigenvalue weighted by molar-refractivity contribution is 0.609. The smallest absolute Gasteiger partial charge is 0.262 e. The van der Waals surface area contributed by atoms with E-state index in [0.29, 0.717) is 15.7 Å². The average Bonchev–Trinajstić information content (AvgIpc) is 2.38. The molecule has 0 unspecified atom stereocenters. The summed E-state index contributed by atoms with van der Waals surface area (Å²) in [5, 5.41) is 1.21. The zero-order chi connectivity index (χ0) is 17.1. The van der Waals surface area contributed by atoms with Crippen molar-refractivity contribution in [2.24, 2.45) is 0 Å². The number of nitrogen functional groups attached to an aromatic ring is 2. The molecule has 0 aliphatic rings. The Balaban J connectivity index is 0.000000235. The van der Waals surface area contributed by atoms with Crippen LogP contribution in [-0.2, 0) is 9.05 Å². The van der Waals surface area contributed by atoms with E-state index in [0.717, 1.165) is 6.07 Å². The highest BCUT2D eigenvalue weighted by Gasteiger charge is 2.16. The molecule has 4 N–H and O–H groups in total. The van der Waals surface area contributed by atoms with Crippen molar-refractivity contribution in [3.63, 3.8) is 0 Å². The third-order valence-corrected chi connectivity index (χ3v) is 4.97. The zero-order valence-electron chi connectivity index (χ0n) is 10.7. The molecule has 10 heteroatoms. The van der Waals surface area contributed by atoms with Crippen molar-refractivity contribution < 1.29 is 8.42 Å². The summed E-state index contributed by atoms with van der Waals surface area (Å²) in [5.74, 6) is 0. The number of nitrogens with two attached hydrogens (primary N) is 2. The molecular formula is C12H9Cl5N2O2S. The molecule has 0 radical (unpaired) electrons. The molecule has 2 rings (SSSR count). The number of hydrogen-bond acceptors (Lipinski definition) is 4. The average molecular weight is 423 g/mol. The van der Waals surface area contributed by atoms with Gasteiger partial charge < -0.3 is 11.5 Å². The molecule has 0 aromatic heterocycles. The molecule has 0 fully saturated rings. The van der Waals surface area contributed by atoms with Crippen LogP contribution < -0.4 is 11.5 Å². The highest BCUT2D eigenvalue weighted by Crippen LogP contribution is 2.31. The summed E-state index contributed by atoms with van der Waals surface area (Å²) in [6.07, 6.45) is 0. The Morgan fingerprint density at radius 3 is 1.77 bits per heavy atom. The Morgan fingerprint density at radius 2 is 1.32 bits per heavy atom. The van der Waals surface area contributed by atoms with Crippen LogP contribution in [0.4, 0.5) is 11.4 Å². The van der Waals surface area contributed by atoms with E-state index in [2.05, 4.69) is 0 Å². The van der Waals surface area contributed by atoms with Gasteiger partial charge in [0.05, 0.1) is 26.4 Å². The monoisotopic (exact) mass is 420 g/mol. The molecule has 22 heavy (non-hydrogen) atoms. The maximum Gasteiger partial charge on any atom is 0.262 e. The van der Waals surface area contributed by atoms with Crippen LogP contribution in [-0.4, -0.2) is 8.42 Å². The lowest BCUT2D eigenvalue weighted by Gasteiger charge is -2.03. The highest BCUT2D eigenvalue weighted by molar-refractivity contribution is 8.13. The number of benzene rings is 2. The molecule has 2 aromatic carbocycles. The van der Waals surface area contributed by atoms with Gasteiger partial charge in [0.2, 0.25) is 0 Å². The van der Waals surface area contributed by atoms with E-state index in [1.54, 1.807) is 18.2 Å². The lowest BCUT2D eigenvalue weighted by atomic mass is 10.3. The predicted molar refractivity (Wildman–Crippen MR) is 94.8 cm³/mol. The Bertz CT molecular complexity index is 796. The zero-order valence-corrected chi connectivity index (χ0v) is 15.3. The van der Waals surface area contributed by atoms with Gasteiger partial charge in [0.1, 0.15) is 4.90 Å². The van der Waals surface area contributed by atoms with Crippen molar-refractivity contribution in [3.05, 3.63) is 50.4 Å². The molecule has 0 amide bonds. The molecule has 0 bridgehead atoms. The molecule has 0 aliphatic heterocycles. The van der Waals surface area contributed by atoms with Crippen molar-refractivity contribution in [1.82, 2.24) is 0 Å². The van der Waals surface area contributed by atoms with Crippen LogP contribution in [0, 0.1) is 0 Å². The molecule has 0 saturated carbocycles. The quantitative estimate of drug-likeness (QED) is 0.496. The number of anilines is 2. The fourth-order valence-electron chi connectivity index (χ4n) is 1.25. The Kier molecular flexibility index (Phi) is 6.92. The van der Waals surface area contributed by atoms with Crippen LogP contribution >= 0.6 is 57.1 Å². The van der Waals surface area contributed by atoms with Crippen LogP contribution in [0.3, 0.4) is 0 Å². The minimum Gasteiger partial charge on any atom is -0.397 e. The molecule has 0 aliphatic carbocycles. The fraction of sp³-hybridized carbons (Fsp3) is 0. The molecule has 0 saturated heterocycles. The third kappa shape index (κ3) is 5.57. The van der Waals surface area contributed by atoms with Gasteiger partial charge in [-0.1, -0.05) is 46.4 Å². The van der Waals surface area contributed by atoms with Crippen LogP contribution in [0.15, 0.2) is 35.2 Å². The topological polar surface area (TPSA) is 86.2 Å². The molecule has 0 spiro atoms. The molecule has 2 aromatic rings. The van der Waals surface area contributed by atoms with Gasteiger partial charge in [-0.15, -0.1) is 0 Å². The van der Waals surface area contributed by atoms with E-state index in [4.69, 9.17) is 68.6 Å². The number of halogens is 5. The Hall–Kier alpha value is -0.560. The predicted octanol–water partition coefficient (Wildman–Crippen LogP) is 5.08. The van der Waals surface area contributed by atoms with Crippen molar-refractivity contribution in [2.45, 2.75) is 4.90 Å². The second kappa shape index (κ2) is 7.81. The van der Waals surface area contributed by atoms with Crippen LogP contribution in [0.5, 0.6) is 0 Å². The van der Waals surface area contributed by atoms with E-state index in [-0.39, 0.29) is 20.6 Å². The minimum absolute atomic E-state index is 0.0445. The van der Waals surface area contributed by atoms with E-state index in [9.17, 15) is 8.42 Å². The largest absolute Gasteiger partial charge is 0.397 e. The fourth-order valence-corrected chi connectivity index (χ4v) is 3.30. The van der Waals surface area contributed by atoms with Gasteiger partial charge in [-0.2, -0.15) is 0 Å². The summed E-state index contributed by atoms with van der Waals surface area (Å²) in [6, 6.07) is 7.32. The molecule has 0 heterocycles. The Morgan fingerprint density at radius 1 is 0.773 bits per heavy atom. The van der Waals surface area contributed by atoms with Gasteiger partial charge in [0.15, 0.2) is 0 Å². The summed E-state index contributed by atoms with van der Waals surface area (Å²) in [6.45, 7) is 0. The third-order valence-electron chi connectivity index (χ3n) is 2.27. The second-order valence-electron chi connectivity index (χ2n) is 3.91. The van der Waals surface area contributed by atoms with Crippen LogP contribution in [0.25, 0.3) is 0 Å². The lowest BCUT2D eigenvalue weighted by Crippen LogP contribution is -1.94. The van der Waals surface area contributed by atoms with Crippen molar-refractivity contribution >= 4 is 77.5 Å². The maximum atomic E-state index is 10.9. The number of rotatable bonds is 1. The molecule has 120 valence electrons. The SMILES string of the molecule is Nc1cc(Cl)c(S(=O)(=O)Cl)cc1Cl.Nc1cc(Cl)ccc1Cl. The maximum absolute atomic E-state index is 10.9. The van der Waals surface area contributed by atoms with Crippen LogP contribution in [0.2, 0.25) is 20.1 Å². The first-order valence-corrected chi connectivity index (χ1v) is 9.24. The van der Waals surface area contributed by atoms with Gasteiger partial charge in [0, 0.05) is 15.7 Å².